The van der Waals surface area contributed by atoms with Crippen LogP contribution in [0.1, 0.15) is 0 Å². The van der Waals surface area contributed by atoms with Crippen LogP contribution in [0.2, 0.25) is 5.02 Å². The topological polar surface area (TPSA) is 31.4 Å². The molecule has 0 aliphatic heterocycles. The number of benzene rings is 2. The smallest absolute Gasteiger partial charge is 0.406 e. The third-order valence-corrected chi connectivity index (χ3v) is 4.09. The van der Waals surface area contributed by atoms with Crippen molar-refractivity contribution in [2.75, 3.05) is 0 Å². The van der Waals surface area contributed by atoms with Gasteiger partial charge in [-0.15, -0.1) is 26.3 Å². The Morgan fingerprint density at radius 1 is 0.621 bits per heavy atom. The monoisotopic (exact) mass is 433 g/mol. The van der Waals surface area contributed by atoms with Gasteiger partial charge in [0.2, 0.25) is 0 Å². The molecule has 29 heavy (non-hydrogen) atoms. The van der Waals surface area contributed by atoms with E-state index in [1.54, 1.807) is 0 Å². The van der Waals surface area contributed by atoms with E-state index in [0.717, 1.165) is 24.3 Å². The summed E-state index contributed by atoms with van der Waals surface area (Å²) in [4.78, 5) is 4.05. The summed E-state index contributed by atoms with van der Waals surface area (Å²) in [7, 11) is 0. The van der Waals surface area contributed by atoms with Gasteiger partial charge in [-0.1, -0.05) is 35.9 Å². The Morgan fingerprint density at radius 3 is 1.28 bits per heavy atom. The third kappa shape index (κ3) is 5.54. The van der Waals surface area contributed by atoms with Crippen LogP contribution in [0.4, 0.5) is 26.3 Å². The Morgan fingerprint density at radius 2 is 0.966 bits per heavy atom. The van der Waals surface area contributed by atoms with Crippen LogP contribution in [0.25, 0.3) is 22.3 Å². The Hall–Kier alpha value is -2.94. The summed E-state index contributed by atoms with van der Waals surface area (Å²) in [6.45, 7) is 0. The van der Waals surface area contributed by atoms with Gasteiger partial charge < -0.3 is 9.47 Å². The van der Waals surface area contributed by atoms with E-state index >= 15 is 0 Å². The maximum Gasteiger partial charge on any atom is 0.573 e. The van der Waals surface area contributed by atoms with Crippen molar-refractivity contribution in [1.29, 1.82) is 0 Å². The highest BCUT2D eigenvalue weighted by Gasteiger charge is 2.31. The lowest BCUT2D eigenvalue weighted by Crippen LogP contribution is -2.16. The van der Waals surface area contributed by atoms with Gasteiger partial charge in [0.05, 0.1) is 5.02 Å². The molecule has 152 valence electrons. The van der Waals surface area contributed by atoms with Gasteiger partial charge in [0.1, 0.15) is 11.5 Å². The first-order chi connectivity index (χ1) is 13.5. The van der Waals surface area contributed by atoms with E-state index in [0.29, 0.717) is 22.3 Å². The predicted molar refractivity (Wildman–Crippen MR) is 93.5 cm³/mol. The molecule has 0 saturated heterocycles. The number of rotatable bonds is 4. The molecule has 10 heteroatoms. The van der Waals surface area contributed by atoms with Crippen LogP contribution in [-0.2, 0) is 0 Å². The van der Waals surface area contributed by atoms with Gasteiger partial charge in [0, 0.05) is 23.5 Å². The van der Waals surface area contributed by atoms with Gasteiger partial charge >= 0.3 is 12.7 Å². The molecular formula is C19H10ClF6NO2. The average Bonchev–Trinajstić information content (AvgIpc) is 2.61. The average molecular weight is 434 g/mol. The van der Waals surface area contributed by atoms with E-state index in [2.05, 4.69) is 14.5 Å². The maximum absolute atomic E-state index is 12.3. The van der Waals surface area contributed by atoms with Crippen molar-refractivity contribution >= 4 is 11.6 Å². The van der Waals surface area contributed by atoms with Gasteiger partial charge in [-0.25, -0.2) is 0 Å². The van der Waals surface area contributed by atoms with Crippen molar-refractivity contribution in [3.8, 4) is 33.8 Å². The van der Waals surface area contributed by atoms with E-state index < -0.39 is 12.7 Å². The Kier molecular flexibility index (Phi) is 5.61. The van der Waals surface area contributed by atoms with Crippen molar-refractivity contribution in [2.24, 2.45) is 0 Å². The Bertz CT molecular complexity index is 908. The molecule has 0 aliphatic carbocycles. The Labute approximate surface area is 165 Å². The van der Waals surface area contributed by atoms with E-state index in [1.165, 1.54) is 36.7 Å². The summed E-state index contributed by atoms with van der Waals surface area (Å²) in [6, 6.07) is 10.1. The summed E-state index contributed by atoms with van der Waals surface area (Å²) in [6.07, 6.45) is -6.76. The molecule has 2 aromatic carbocycles. The molecule has 0 fully saturated rings. The van der Waals surface area contributed by atoms with E-state index in [9.17, 15) is 26.3 Å². The van der Waals surface area contributed by atoms with Gasteiger partial charge in [-0.2, -0.15) is 0 Å². The summed E-state index contributed by atoms with van der Waals surface area (Å²) < 4.78 is 81.2. The molecule has 0 amide bonds. The lowest BCUT2D eigenvalue weighted by molar-refractivity contribution is -0.275. The number of hydrogen-bond acceptors (Lipinski definition) is 3. The van der Waals surface area contributed by atoms with Gasteiger partial charge in [0.15, 0.2) is 0 Å². The second-order valence-electron chi connectivity index (χ2n) is 5.69. The van der Waals surface area contributed by atoms with Crippen LogP contribution in [0.5, 0.6) is 11.5 Å². The summed E-state index contributed by atoms with van der Waals surface area (Å²) in [5, 5.41) is 0.231. The standard InChI is InChI=1S/C19H10ClF6NO2/c20-17-15(11-1-5-13(6-2-11)28-18(21,22)23)9-27-10-16(17)12-3-7-14(8-4-12)29-19(24,25)26/h1-10H. The van der Waals surface area contributed by atoms with Crippen molar-refractivity contribution < 1.29 is 35.8 Å². The number of alkyl halides is 6. The molecule has 3 rings (SSSR count). The zero-order valence-corrected chi connectivity index (χ0v) is 14.9. The van der Waals surface area contributed by atoms with Crippen LogP contribution in [0.3, 0.4) is 0 Å². The molecular weight excluding hydrogens is 424 g/mol. The molecule has 0 bridgehead atoms. The summed E-state index contributed by atoms with van der Waals surface area (Å²) >= 11 is 6.41. The summed E-state index contributed by atoms with van der Waals surface area (Å²) in [5.41, 5.74) is 1.82. The van der Waals surface area contributed by atoms with Crippen molar-refractivity contribution in [2.45, 2.75) is 12.7 Å². The minimum Gasteiger partial charge on any atom is -0.406 e. The SMILES string of the molecule is FC(F)(F)Oc1ccc(-c2cncc(-c3ccc(OC(F)(F)F)cc3)c2Cl)cc1. The zero-order chi connectivity index (χ0) is 21.2. The maximum atomic E-state index is 12.3. The van der Waals surface area contributed by atoms with Crippen molar-refractivity contribution in [3.63, 3.8) is 0 Å². The highest BCUT2D eigenvalue weighted by atomic mass is 35.5. The fraction of sp³-hybridized carbons (Fsp3) is 0.105. The fourth-order valence-corrected chi connectivity index (χ4v) is 2.84. The lowest BCUT2D eigenvalue weighted by Gasteiger charge is -2.12. The number of aromatic nitrogens is 1. The zero-order valence-electron chi connectivity index (χ0n) is 14.2. The molecule has 3 aromatic rings. The number of ether oxygens (including phenoxy) is 2. The lowest BCUT2D eigenvalue weighted by atomic mass is 10.0. The molecule has 3 nitrogen and oxygen atoms in total. The fourth-order valence-electron chi connectivity index (χ4n) is 2.52. The minimum absolute atomic E-state index is 0.231. The van der Waals surface area contributed by atoms with Crippen LogP contribution >= 0.6 is 11.6 Å². The second kappa shape index (κ2) is 7.82. The van der Waals surface area contributed by atoms with Crippen molar-refractivity contribution in [1.82, 2.24) is 4.98 Å². The van der Waals surface area contributed by atoms with E-state index in [1.807, 2.05) is 0 Å². The first-order valence-corrected chi connectivity index (χ1v) is 8.25. The molecule has 0 spiro atoms. The molecule has 0 aliphatic rings. The summed E-state index contributed by atoms with van der Waals surface area (Å²) in [5.74, 6) is -0.775. The first-order valence-electron chi connectivity index (χ1n) is 7.88. The van der Waals surface area contributed by atoms with E-state index in [4.69, 9.17) is 11.6 Å². The van der Waals surface area contributed by atoms with Gasteiger partial charge in [-0.05, 0) is 35.4 Å². The number of halogens is 7. The highest BCUT2D eigenvalue weighted by molar-refractivity contribution is 6.36. The van der Waals surface area contributed by atoms with Crippen LogP contribution < -0.4 is 9.47 Å². The largest absolute Gasteiger partial charge is 0.573 e. The normalized spacial score (nSPS) is 12.0. The molecule has 1 heterocycles. The third-order valence-electron chi connectivity index (χ3n) is 3.68. The van der Waals surface area contributed by atoms with Crippen LogP contribution in [-0.4, -0.2) is 17.7 Å². The highest BCUT2D eigenvalue weighted by Crippen LogP contribution is 2.37. The van der Waals surface area contributed by atoms with Gasteiger partial charge in [-0.3, -0.25) is 4.98 Å². The number of pyridine rings is 1. The number of nitrogens with zero attached hydrogens (tertiary/aromatic N) is 1. The molecule has 1 aromatic heterocycles. The van der Waals surface area contributed by atoms with E-state index in [-0.39, 0.29) is 16.5 Å². The van der Waals surface area contributed by atoms with Crippen LogP contribution in [0.15, 0.2) is 60.9 Å². The molecule has 0 N–H and O–H groups in total. The van der Waals surface area contributed by atoms with Crippen molar-refractivity contribution in [3.05, 3.63) is 65.9 Å². The second-order valence-corrected chi connectivity index (χ2v) is 6.07. The Balaban J connectivity index is 1.88. The quantitative estimate of drug-likeness (QED) is 0.421. The minimum atomic E-state index is -4.80. The number of hydrogen-bond donors (Lipinski definition) is 0. The molecule has 0 unspecified atom stereocenters. The van der Waals surface area contributed by atoms with Gasteiger partial charge in [0.25, 0.3) is 0 Å². The molecule has 0 radical (unpaired) electrons. The predicted octanol–water partition coefficient (Wildman–Crippen LogP) is 6.87. The first kappa shape index (κ1) is 20.8. The van der Waals surface area contributed by atoms with Crippen LogP contribution in [0, 0.1) is 0 Å². The molecule has 0 atom stereocenters. The molecule has 0 saturated carbocycles.